The highest BCUT2D eigenvalue weighted by Gasteiger charge is 2.70. The van der Waals surface area contributed by atoms with Gasteiger partial charge in [0.25, 0.3) is 0 Å². The van der Waals surface area contributed by atoms with Gasteiger partial charge in [-0.1, -0.05) is 228 Å². The number of hydrogen-bond acceptors (Lipinski definition) is 26. The SMILES string of the molecule is CCCCCCCCCCC(CCN[C@H](Cc1ccccc1)C(=O)N[C@H]1CSSC[C@@H](C(=O)N[C@@H](CO)[C@@H](C)O)NC(=O)[C@H]([C@@H](C)O)NC(=O)[C@H](CCCCN)NC(=O)[C@@H](CC2=CCc3ccccc32)NC(=O)[C@H](Cc2ccccc2)CC1=O)SSCCC(=O)N(C)[C@@H](C)C(=O)O[C@H]1CC(=O)N(C)c2cc(cc(OC)c2Cl)C/C(C)=C/C=C/[C@@H](OC)[C@]2(O)CC(=O)O[C@@H](C2)C[C@]2(C)O[C@@]12C. The zero-order chi connectivity index (χ0) is 98.1. The van der Waals surface area contributed by atoms with Crippen molar-refractivity contribution in [2.24, 2.45) is 11.7 Å². The molecule has 13 N–H and O–H groups in total. The number of methoxy groups -OCH3 is 2. The Kier molecular flexibility index (Phi) is 44.3. The van der Waals surface area contributed by atoms with Crippen molar-refractivity contribution in [3.05, 3.63) is 160 Å². The summed E-state index contributed by atoms with van der Waals surface area (Å²) in [5.41, 5.74) is 7.78. The lowest BCUT2D eigenvalue weighted by molar-refractivity contribution is -0.183. The maximum atomic E-state index is 15.7. The molecule has 18 atom stereocenters. The van der Waals surface area contributed by atoms with Gasteiger partial charge in [-0.2, -0.15) is 0 Å². The van der Waals surface area contributed by atoms with E-state index in [-0.39, 0.29) is 85.6 Å². The van der Waals surface area contributed by atoms with Crippen LogP contribution in [0.4, 0.5) is 5.69 Å². The minimum absolute atomic E-state index is 0.000921. The molecule has 3 saturated heterocycles. The van der Waals surface area contributed by atoms with Gasteiger partial charge in [-0.15, -0.1) is 0 Å². The number of benzene rings is 4. The fourth-order valence-corrected chi connectivity index (χ4v) is 22.9. The van der Waals surface area contributed by atoms with Crippen LogP contribution in [0.15, 0.2) is 127 Å². The van der Waals surface area contributed by atoms with Crippen molar-refractivity contribution in [1.29, 1.82) is 0 Å². The third kappa shape index (κ3) is 32.6. The molecule has 4 aromatic carbocycles. The van der Waals surface area contributed by atoms with E-state index in [0.29, 0.717) is 61.4 Å². The number of anilines is 1. The number of nitrogens with one attached hydrogen (secondary N) is 7. The molecule has 5 aliphatic rings. The number of allylic oxidation sites excluding steroid dienone is 4. The van der Waals surface area contributed by atoms with Crippen LogP contribution in [0, 0.1) is 5.92 Å². The topological polar surface area (TPSA) is 435 Å². The molecule has 0 aromatic heterocycles. The Balaban J connectivity index is 0.949. The molecule has 0 saturated carbocycles. The normalized spacial score (nSPS) is 26.0. The summed E-state index contributed by atoms with van der Waals surface area (Å²) >= 11 is 6.97. The number of ketones is 1. The number of likely N-dealkylation sites (N-methyl/N-ethyl adjacent to an activating group) is 1. The molecular formula is C100H141ClN10O20S4. The number of ether oxygens (including phenoxy) is 5. The Hall–Kier alpha value is -8.36. The van der Waals surface area contributed by atoms with Crippen molar-refractivity contribution in [1.82, 2.24) is 42.1 Å². The number of carbonyl (C=O) groups is 11. The van der Waals surface area contributed by atoms with Crippen LogP contribution < -0.4 is 52.6 Å². The largest absolute Gasteiger partial charge is 0.495 e. The number of Topliss-reactive ketones (excluding diaryl/α,β-unsaturated/α-hetero) is 1. The minimum Gasteiger partial charge on any atom is -0.495 e. The summed E-state index contributed by atoms with van der Waals surface area (Å²) in [5, 5.41) is 64.8. The van der Waals surface area contributed by atoms with Crippen LogP contribution in [0.25, 0.3) is 5.57 Å². The van der Waals surface area contributed by atoms with Gasteiger partial charge in [-0.3, -0.25) is 47.9 Å². The lowest BCUT2D eigenvalue weighted by Gasteiger charge is -2.40. The van der Waals surface area contributed by atoms with Gasteiger partial charge in [-0.25, -0.2) is 4.79 Å². The first-order valence-electron chi connectivity index (χ1n) is 47.3. The van der Waals surface area contributed by atoms with Gasteiger partial charge in [-0.05, 0) is 158 Å². The van der Waals surface area contributed by atoms with Gasteiger partial charge < -0.3 is 96.9 Å². The van der Waals surface area contributed by atoms with E-state index in [0.717, 1.165) is 99.9 Å². The lowest BCUT2D eigenvalue weighted by atomic mass is 9.79. The predicted octanol–water partition coefficient (Wildman–Crippen LogP) is 10.2. The molecule has 742 valence electrons. The van der Waals surface area contributed by atoms with Gasteiger partial charge in [0.2, 0.25) is 47.3 Å². The summed E-state index contributed by atoms with van der Waals surface area (Å²) in [5.74, 6) is -8.44. The highest BCUT2D eigenvalue weighted by atomic mass is 35.5. The molecular weight excluding hydrogens is 1820 g/mol. The van der Waals surface area contributed by atoms with Crippen molar-refractivity contribution in [3.8, 4) is 5.75 Å². The Bertz CT molecular complexity index is 4730. The lowest BCUT2D eigenvalue weighted by Crippen LogP contribution is -2.61. The summed E-state index contributed by atoms with van der Waals surface area (Å²) in [6, 6.07) is 19.1. The van der Waals surface area contributed by atoms with E-state index >= 15 is 19.2 Å². The molecule has 35 heteroatoms. The van der Waals surface area contributed by atoms with Gasteiger partial charge in [0.1, 0.15) is 76.1 Å². The van der Waals surface area contributed by atoms with E-state index in [9.17, 15) is 54.0 Å². The molecule has 0 spiro atoms. The number of fused-ring (bicyclic) bond motifs is 6. The number of rotatable bonds is 40. The number of hydrogen-bond donors (Lipinski definition) is 12. The Morgan fingerprint density at radius 2 is 1.47 bits per heavy atom. The van der Waals surface area contributed by atoms with Crippen molar-refractivity contribution < 1.29 is 96.9 Å². The van der Waals surface area contributed by atoms with Gasteiger partial charge >= 0.3 is 11.9 Å². The quantitative estimate of drug-likeness (QED) is 0.00852. The van der Waals surface area contributed by atoms with Crippen LogP contribution in [0.5, 0.6) is 5.75 Å². The maximum Gasteiger partial charge on any atom is 0.328 e. The van der Waals surface area contributed by atoms with Crippen LogP contribution >= 0.6 is 54.8 Å². The maximum absolute atomic E-state index is 15.7. The highest BCUT2D eigenvalue weighted by Crippen LogP contribution is 2.56. The molecule has 4 aromatic rings. The molecule has 4 bridgehead atoms. The summed E-state index contributed by atoms with van der Waals surface area (Å²) in [4.78, 5) is 166. The molecule has 30 nitrogen and oxygen atoms in total. The number of epoxide rings is 1. The average Bonchev–Trinajstić information content (AvgIpc) is 1.54. The Morgan fingerprint density at radius 1 is 0.793 bits per heavy atom. The fraction of sp³-hybridized carbons (Fsp3) is 0.590. The third-order valence-electron chi connectivity index (χ3n) is 26.1. The van der Waals surface area contributed by atoms with E-state index in [2.05, 4.69) is 44.1 Å². The first-order valence-corrected chi connectivity index (χ1v) is 52.5. The van der Waals surface area contributed by atoms with E-state index in [1.165, 1.54) is 68.6 Å². The van der Waals surface area contributed by atoms with Crippen molar-refractivity contribution in [2.45, 2.75) is 303 Å². The second-order valence-corrected chi connectivity index (χ2v) is 42.3. The third-order valence-corrected chi connectivity index (χ3v) is 31.9. The van der Waals surface area contributed by atoms with E-state index < -0.39 is 180 Å². The number of unbranched alkanes of at least 4 members (excludes halogenated alkanes) is 8. The summed E-state index contributed by atoms with van der Waals surface area (Å²) in [7, 11) is 11.3. The number of halogens is 1. The summed E-state index contributed by atoms with van der Waals surface area (Å²) < 4.78 is 30.3. The summed E-state index contributed by atoms with van der Waals surface area (Å²) in [6.45, 7) is 11.6. The number of nitrogens with zero attached hydrogens (tertiary/aromatic N) is 2. The minimum atomic E-state index is -1.72. The van der Waals surface area contributed by atoms with E-state index in [1.54, 1.807) is 75.0 Å². The molecule has 135 heavy (non-hydrogen) atoms. The molecule has 4 heterocycles. The second-order valence-electron chi connectivity index (χ2n) is 36.6. The Labute approximate surface area is 815 Å². The van der Waals surface area contributed by atoms with Crippen molar-refractivity contribution in [3.63, 3.8) is 0 Å². The first kappa shape index (κ1) is 110. The van der Waals surface area contributed by atoms with Crippen LogP contribution in [-0.2, 0) is 97.4 Å². The highest BCUT2D eigenvalue weighted by molar-refractivity contribution is 8.77. The number of carbonyl (C=O) groups excluding carboxylic acids is 11. The number of amides is 8. The molecule has 0 radical (unpaired) electrons. The van der Waals surface area contributed by atoms with E-state index in [1.807, 2.05) is 91.9 Å². The number of nitrogens with two attached hydrogens (primary N) is 1. The van der Waals surface area contributed by atoms with Gasteiger partial charge in [0.15, 0.2) is 5.78 Å². The summed E-state index contributed by atoms with van der Waals surface area (Å²) in [6.07, 6.45) is 12.2. The zero-order valence-corrected chi connectivity index (χ0v) is 83.7. The fourth-order valence-electron chi connectivity index (χ4n) is 17.5. The standard InChI is InChI=1S/C100H141ClN10O20S4/c1-12-13-14-15-16-17-18-25-37-73(135-132-47-44-86(116)110(8)63(3)97(125)130-85-55-87(117)111(9)81-51-68(52-83(127-10)89(81)101)48-62(2)31-30-40-84(128-11)100(126)57-72(129-88(118)58-100)56-98(6)99(85,7)131-98)43-46-103-76(50-67-34-23-20-24-35-67)93(121)107-79-60-133-134-61-80(95(123)106-78(59-112)64(4)113)108-96(124)90(65(5)114)109-92(120)75(39-28-29-45-102)104-94(122)77(53-70-42-41-69-36-26-27-38-74(69)70)105-91(119)71(54-82(79)115)49-66-32-21-19-22-33-66/h19-24,26-27,30-36,38,40,42,51-52,63-65,71-73,75-80,84-85,90,103,112-114,126H,12-18,25,28-29,37,39,41,43-50,53-61,102H2,1-11H3,(H,104,122)(H,105,119)(H,106,123)(H,107,121)(H,108,124)(H,109,120)/b40-30+,62-31+/t63-,64+,65+,71+,72+,73?,75-,76+,77+,78-,79-,80-,84+,85-,90-,98-,99-,100+/m0/s1. The first-order chi connectivity index (χ1) is 64.5. The second kappa shape index (κ2) is 54.3. The van der Waals surface area contributed by atoms with Gasteiger partial charge in [0, 0.05) is 81.7 Å². The van der Waals surface area contributed by atoms with E-state index in [4.69, 9.17) is 41.0 Å². The molecule has 8 amide bonds. The number of aliphatic hydroxyl groups excluding tert-OH is 3. The molecule has 9 rings (SSSR count). The monoisotopic (exact) mass is 1960 g/mol. The molecule has 1 unspecified atom stereocenters. The molecule has 4 aliphatic heterocycles. The van der Waals surface area contributed by atoms with Crippen LogP contribution in [0.1, 0.15) is 205 Å². The van der Waals surface area contributed by atoms with Crippen LogP contribution in [-0.4, -0.2) is 256 Å². The molecule has 1 aliphatic carbocycles. The average molecular weight is 1970 g/mol. The number of esters is 2. The molecule has 3 fully saturated rings. The smallest absolute Gasteiger partial charge is 0.328 e. The Morgan fingerprint density at radius 3 is 2.15 bits per heavy atom. The van der Waals surface area contributed by atoms with Gasteiger partial charge in [0.05, 0.1) is 62.6 Å². The van der Waals surface area contributed by atoms with Crippen LogP contribution in [0.3, 0.4) is 0 Å². The van der Waals surface area contributed by atoms with Crippen molar-refractivity contribution in [2.75, 3.05) is 70.2 Å². The predicted molar refractivity (Wildman–Crippen MR) is 530 cm³/mol. The van der Waals surface area contributed by atoms with Crippen molar-refractivity contribution >= 4 is 131 Å². The number of aliphatic hydroxyl groups is 4. The zero-order valence-electron chi connectivity index (χ0n) is 79.7. The van der Waals surface area contributed by atoms with Crippen LogP contribution in [0.2, 0.25) is 5.02 Å².